The summed E-state index contributed by atoms with van der Waals surface area (Å²) in [6, 6.07) is 0. The highest BCUT2D eigenvalue weighted by Crippen LogP contribution is 2.27. The van der Waals surface area contributed by atoms with Crippen LogP contribution in [0.5, 0.6) is 0 Å². The molecule has 0 aromatic carbocycles. The van der Waals surface area contributed by atoms with Gasteiger partial charge in [-0.25, -0.2) is 14.4 Å². The van der Waals surface area contributed by atoms with Crippen LogP contribution in [0.15, 0.2) is 11.2 Å². The van der Waals surface area contributed by atoms with Crippen molar-refractivity contribution in [3.63, 3.8) is 0 Å². The smallest absolute Gasteiger partial charge is 0.187 e. The molecule has 0 spiro atoms. The number of fused-ring (bicyclic) bond motifs is 1. The number of hydrogen-bond donors (Lipinski definition) is 2. The first-order chi connectivity index (χ1) is 10.3. The van der Waals surface area contributed by atoms with Crippen LogP contribution >= 0.6 is 11.6 Å². The van der Waals surface area contributed by atoms with Crippen molar-refractivity contribution < 1.29 is 4.39 Å². The monoisotopic (exact) mass is 321 g/mol. The van der Waals surface area contributed by atoms with Gasteiger partial charge in [0, 0.05) is 22.4 Å². The Labute approximate surface area is 132 Å². The molecular weight excluding hydrogens is 305 g/mol. The quantitative estimate of drug-likeness (QED) is 0.781. The molecule has 2 aromatic heterocycles. The van der Waals surface area contributed by atoms with Gasteiger partial charge in [0.2, 0.25) is 0 Å². The summed E-state index contributed by atoms with van der Waals surface area (Å²) < 4.78 is 14.2. The minimum Gasteiger partial charge on any atom is -0.381 e. The SMILES string of the molecule is CC(C)(C)c1nc(-c2c[nH]c3c2=CC(Cl)CN=3)nc(N)c1F. The highest BCUT2D eigenvalue weighted by molar-refractivity contribution is 6.24. The van der Waals surface area contributed by atoms with Gasteiger partial charge in [-0.2, -0.15) is 0 Å². The second-order valence-corrected chi connectivity index (χ2v) is 6.89. The van der Waals surface area contributed by atoms with Gasteiger partial charge in [0.05, 0.1) is 17.6 Å². The van der Waals surface area contributed by atoms with Crippen molar-refractivity contribution in [3.8, 4) is 11.4 Å². The Hall–Kier alpha value is -1.95. The van der Waals surface area contributed by atoms with Crippen LogP contribution in [0, 0.1) is 5.82 Å². The first-order valence-electron chi connectivity index (χ1n) is 6.99. The number of aromatic amines is 1. The van der Waals surface area contributed by atoms with Gasteiger partial charge < -0.3 is 10.7 Å². The third-order valence-corrected chi connectivity index (χ3v) is 3.76. The van der Waals surface area contributed by atoms with E-state index in [-0.39, 0.29) is 11.2 Å². The van der Waals surface area contributed by atoms with E-state index >= 15 is 0 Å². The van der Waals surface area contributed by atoms with Crippen molar-refractivity contribution in [1.82, 2.24) is 15.0 Å². The normalized spacial score (nSPS) is 17.6. The topological polar surface area (TPSA) is 80.0 Å². The molecule has 3 N–H and O–H groups in total. The zero-order valence-electron chi connectivity index (χ0n) is 12.6. The molecule has 5 nitrogen and oxygen atoms in total. The molecule has 0 amide bonds. The molecule has 0 saturated heterocycles. The van der Waals surface area contributed by atoms with Gasteiger partial charge in [-0.05, 0) is 0 Å². The molecule has 0 bridgehead atoms. The fourth-order valence-corrected chi connectivity index (χ4v) is 2.60. The highest BCUT2D eigenvalue weighted by Gasteiger charge is 2.25. The fourth-order valence-electron chi connectivity index (χ4n) is 2.40. The molecule has 1 atom stereocenters. The summed E-state index contributed by atoms with van der Waals surface area (Å²) in [5.74, 6) is -0.344. The van der Waals surface area contributed by atoms with Gasteiger partial charge in [-0.15, -0.1) is 11.6 Å². The number of nitrogen functional groups attached to an aromatic ring is 1. The van der Waals surface area contributed by atoms with Crippen molar-refractivity contribution in [2.45, 2.75) is 31.6 Å². The molecule has 0 saturated carbocycles. The van der Waals surface area contributed by atoms with E-state index in [2.05, 4.69) is 19.9 Å². The molecule has 3 rings (SSSR count). The number of H-pyrrole nitrogens is 1. The summed E-state index contributed by atoms with van der Waals surface area (Å²) in [7, 11) is 0. The second kappa shape index (κ2) is 5.05. The third-order valence-electron chi connectivity index (χ3n) is 3.50. The van der Waals surface area contributed by atoms with Crippen molar-refractivity contribution >= 4 is 23.5 Å². The van der Waals surface area contributed by atoms with Crippen LogP contribution in [-0.2, 0) is 5.41 Å². The van der Waals surface area contributed by atoms with E-state index in [4.69, 9.17) is 17.3 Å². The van der Waals surface area contributed by atoms with Gasteiger partial charge in [0.1, 0.15) is 5.49 Å². The number of nitrogens with zero attached hydrogens (tertiary/aromatic N) is 3. The summed E-state index contributed by atoms with van der Waals surface area (Å²) >= 11 is 6.13. The Morgan fingerprint density at radius 2 is 2.09 bits per heavy atom. The molecule has 116 valence electrons. The van der Waals surface area contributed by atoms with Crippen molar-refractivity contribution in [2.24, 2.45) is 4.99 Å². The van der Waals surface area contributed by atoms with E-state index < -0.39 is 11.2 Å². The van der Waals surface area contributed by atoms with Gasteiger partial charge in [-0.1, -0.05) is 26.8 Å². The summed E-state index contributed by atoms with van der Waals surface area (Å²) in [6.07, 6.45) is 3.65. The van der Waals surface area contributed by atoms with Crippen molar-refractivity contribution in [1.29, 1.82) is 0 Å². The lowest BCUT2D eigenvalue weighted by Crippen LogP contribution is -2.31. The van der Waals surface area contributed by atoms with Crippen LogP contribution in [0.25, 0.3) is 17.5 Å². The zero-order valence-corrected chi connectivity index (χ0v) is 13.4. The molecule has 2 aromatic rings. The average molecular weight is 322 g/mol. The third kappa shape index (κ3) is 2.47. The van der Waals surface area contributed by atoms with E-state index in [9.17, 15) is 4.39 Å². The first kappa shape index (κ1) is 15.0. The number of aromatic nitrogens is 3. The molecular formula is C15H17ClFN5. The number of halogens is 2. The molecule has 0 fully saturated rings. The molecule has 1 unspecified atom stereocenters. The van der Waals surface area contributed by atoms with Crippen LogP contribution in [-0.4, -0.2) is 26.9 Å². The van der Waals surface area contributed by atoms with Crippen LogP contribution in [0.3, 0.4) is 0 Å². The maximum Gasteiger partial charge on any atom is 0.187 e. The summed E-state index contributed by atoms with van der Waals surface area (Å²) in [5, 5.41) is 0.652. The Kier molecular flexibility index (Phi) is 3.44. The Balaban J connectivity index is 2.26. The van der Waals surface area contributed by atoms with Crippen molar-refractivity contribution in [2.75, 3.05) is 12.3 Å². The predicted octanol–water partition coefficient (Wildman–Crippen LogP) is 1.51. The Morgan fingerprint density at radius 1 is 1.36 bits per heavy atom. The van der Waals surface area contributed by atoms with Crippen LogP contribution in [0.1, 0.15) is 26.5 Å². The van der Waals surface area contributed by atoms with Crippen LogP contribution in [0.4, 0.5) is 10.2 Å². The van der Waals surface area contributed by atoms with Crippen molar-refractivity contribution in [3.05, 3.63) is 28.4 Å². The largest absolute Gasteiger partial charge is 0.381 e. The standard InChI is InChI=1S/C15H17ClFN5/c1-15(2,3)11-10(17)12(18)22-14(21-11)9-6-20-13-8(9)4-7(16)5-19-13/h4,6-7H,5H2,1-3H3,(H,19,20)(H2,18,21,22). The lowest BCUT2D eigenvalue weighted by molar-refractivity contribution is 0.502. The number of nitrogens with two attached hydrogens (primary N) is 1. The molecule has 7 heteroatoms. The molecule has 0 radical (unpaired) electrons. The van der Waals surface area contributed by atoms with Crippen LogP contribution in [0.2, 0.25) is 0 Å². The van der Waals surface area contributed by atoms with Gasteiger partial charge >= 0.3 is 0 Å². The molecule has 0 aliphatic carbocycles. The predicted molar refractivity (Wildman–Crippen MR) is 84.6 cm³/mol. The number of alkyl halides is 1. The highest BCUT2D eigenvalue weighted by atomic mass is 35.5. The Morgan fingerprint density at radius 3 is 2.77 bits per heavy atom. The van der Waals surface area contributed by atoms with Gasteiger partial charge in [0.15, 0.2) is 17.5 Å². The second-order valence-electron chi connectivity index (χ2n) is 6.33. The number of rotatable bonds is 1. The number of anilines is 1. The van der Waals surface area contributed by atoms with Gasteiger partial charge in [-0.3, -0.25) is 4.99 Å². The summed E-state index contributed by atoms with van der Waals surface area (Å²) in [4.78, 5) is 15.9. The maximum absolute atomic E-state index is 14.2. The lowest BCUT2D eigenvalue weighted by Gasteiger charge is -2.19. The minimum atomic E-state index is -0.565. The Bertz CT molecular complexity index is 850. The molecule has 1 aliphatic heterocycles. The number of nitrogens with one attached hydrogen (secondary N) is 1. The van der Waals surface area contributed by atoms with Crippen LogP contribution < -0.4 is 16.4 Å². The van der Waals surface area contributed by atoms with E-state index in [1.807, 2.05) is 26.8 Å². The first-order valence-corrected chi connectivity index (χ1v) is 7.42. The zero-order chi connectivity index (χ0) is 16.1. The molecule has 3 heterocycles. The van der Waals surface area contributed by atoms with E-state index in [0.29, 0.717) is 18.1 Å². The molecule has 1 aliphatic rings. The summed E-state index contributed by atoms with van der Waals surface area (Å²) in [6.45, 7) is 6.16. The average Bonchev–Trinajstić information content (AvgIpc) is 2.83. The van der Waals surface area contributed by atoms with E-state index in [1.165, 1.54) is 0 Å². The number of hydrogen-bond acceptors (Lipinski definition) is 4. The minimum absolute atomic E-state index is 0.153. The maximum atomic E-state index is 14.2. The van der Waals surface area contributed by atoms with E-state index in [1.54, 1.807) is 6.20 Å². The van der Waals surface area contributed by atoms with Gasteiger partial charge in [0.25, 0.3) is 0 Å². The fraction of sp³-hybridized carbons (Fsp3) is 0.400. The lowest BCUT2D eigenvalue weighted by atomic mass is 9.91. The summed E-state index contributed by atoms with van der Waals surface area (Å²) in [5.41, 5.74) is 7.00. The van der Waals surface area contributed by atoms with E-state index in [0.717, 1.165) is 16.3 Å². The molecule has 22 heavy (non-hydrogen) atoms.